The van der Waals surface area contributed by atoms with Crippen LogP contribution in [0, 0.1) is 0 Å². The first-order valence-corrected chi connectivity index (χ1v) is 9.33. The summed E-state index contributed by atoms with van der Waals surface area (Å²) < 4.78 is 5.73. The Morgan fingerprint density at radius 3 is 2.60 bits per heavy atom. The van der Waals surface area contributed by atoms with Gasteiger partial charge >= 0.3 is 0 Å². The summed E-state index contributed by atoms with van der Waals surface area (Å²) in [5.74, 6) is 1.30. The van der Waals surface area contributed by atoms with Crippen LogP contribution in [0.2, 0.25) is 5.02 Å². The Labute approximate surface area is 153 Å². The number of nitrogens with one attached hydrogen (secondary N) is 1. The van der Waals surface area contributed by atoms with Crippen LogP contribution >= 0.6 is 11.6 Å². The number of fused-ring (bicyclic) bond motifs is 1. The molecule has 2 aromatic rings. The zero-order valence-corrected chi connectivity index (χ0v) is 14.9. The van der Waals surface area contributed by atoms with Crippen LogP contribution in [0.1, 0.15) is 42.7 Å². The van der Waals surface area contributed by atoms with E-state index in [-0.39, 0.29) is 11.8 Å². The molecule has 2 aromatic carbocycles. The average molecular weight is 356 g/mol. The van der Waals surface area contributed by atoms with Crippen molar-refractivity contribution in [2.45, 2.75) is 37.0 Å². The van der Waals surface area contributed by atoms with Crippen molar-refractivity contribution in [3.63, 3.8) is 0 Å². The minimum atomic E-state index is -0.413. The molecule has 0 saturated heterocycles. The first-order chi connectivity index (χ1) is 12.2. The number of ether oxygens (including phenoxy) is 1. The molecule has 1 fully saturated rings. The van der Waals surface area contributed by atoms with Crippen molar-refractivity contribution in [1.29, 1.82) is 0 Å². The van der Waals surface area contributed by atoms with E-state index in [1.54, 1.807) is 0 Å². The summed E-state index contributed by atoms with van der Waals surface area (Å²) in [6.07, 6.45) is 3.98. The summed E-state index contributed by atoms with van der Waals surface area (Å²) in [7, 11) is 0. The number of halogens is 1. The van der Waals surface area contributed by atoms with Gasteiger partial charge in [-0.25, -0.2) is 0 Å². The molecule has 4 rings (SSSR count). The normalized spacial score (nSPS) is 20.8. The number of amides is 1. The van der Waals surface area contributed by atoms with E-state index in [1.807, 2.05) is 42.5 Å². The molecule has 0 unspecified atom stereocenters. The van der Waals surface area contributed by atoms with E-state index in [2.05, 4.69) is 11.4 Å². The van der Waals surface area contributed by atoms with Crippen LogP contribution in [0.4, 0.5) is 0 Å². The number of carbonyl (C=O) groups excluding carboxylic acids is 1. The predicted molar refractivity (Wildman–Crippen MR) is 99.3 cm³/mol. The third-order valence-electron chi connectivity index (χ3n) is 5.60. The summed E-state index contributed by atoms with van der Waals surface area (Å²) in [5.41, 5.74) is 1.86. The molecule has 0 bridgehead atoms. The van der Waals surface area contributed by atoms with Crippen molar-refractivity contribution in [1.82, 2.24) is 5.32 Å². The third kappa shape index (κ3) is 3.02. The first kappa shape index (κ1) is 16.5. The summed E-state index contributed by atoms with van der Waals surface area (Å²) in [6.45, 7) is 1.25. The molecule has 1 amide bonds. The highest BCUT2D eigenvalue weighted by molar-refractivity contribution is 6.30. The Morgan fingerprint density at radius 2 is 1.84 bits per heavy atom. The lowest BCUT2D eigenvalue weighted by molar-refractivity contribution is -0.126. The van der Waals surface area contributed by atoms with Crippen LogP contribution in [-0.2, 0) is 10.2 Å². The second-order valence-electron chi connectivity index (χ2n) is 7.05. The smallest absolute Gasteiger partial charge is 0.230 e. The lowest BCUT2D eigenvalue weighted by atomic mass is 9.78. The van der Waals surface area contributed by atoms with E-state index in [0.717, 1.165) is 37.0 Å². The zero-order chi connectivity index (χ0) is 17.3. The Balaban J connectivity index is 1.50. The van der Waals surface area contributed by atoms with Gasteiger partial charge in [0.1, 0.15) is 5.75 Å². The van der Waals surface area contributed by atoms with Crippen molar-refractivity contribution in [2.24, 2.45) is 0 Å². The van der Waals surface area contributed by atoms with Crippen LogP contribution in [0.5, 0.6) is 5.75 Å². The van der Waals surface area contributed by atoms with E-state index >= 15 is 0 Å². The Kier molecular flexibility index (Phi) is 4.43. The van der Waals surface area contributed by atoms with Gasteiger partial charge in [-0.3, -0.25) is 4.79 Å². The van der Waals surface area contributed by atoms with Gasteiger partial charge in [0.25, 0.3) is 0 Å². The van der Waals surface area contributed by atoms with Gasteiger partial charge in [-0.15, -0.1) is 0 Å². The fraction of sp³-hybridized carbons (Fsp3) is 0.381. The van der Waals surface area contributed by atoms with Gasteiger partial charge < -0.3 is 10.1 Å². The minimum Gasteiger partial charge on any atom is -0.493 e. The van der Waals surface area contributed by atoms with Crippen molar-refractivity contribution >= 4 is 17.5 Å². The number of hydrogen-bond donors (Lipinski definition) is 1. The number of para-hydroxylation sites is 1. The predicted octanol–water partition coefficient (Wildman–Crippen LogP) is 4.44. The summed E-state index contributed by atoms with van der Waals surface area (Å²) in [6, 6.07) is 15.8. The fourth-order valence-electron chi connectivity index (χ4n) is 4.18. The van der Waals surface area contributed by atoms with Gasteiger partial charge in [-0.1, -0.05) is 54.8 Å². The maximum Gasteiger partial charge on any atom is 0.230 e. The SMILES string of the molecule is O=C(NC[C@H]1COc2ccccc21)C1(c2ccc(Cl)cc2)CCCC1. The van der Waals surface area contributed by atoms with E-state index in [9.17, 15) is 4.79 Å². The molecule has 1 saturated carbocycles. The number of carbonyl (C=O) groups is 1. The first-order valence-electron chi connectivity index (χ1n) is 8.95. The quantitative estimate of drug-likeness (QED) is 0.880. The lowest BCUT2D eigenvalue weighted by Gasteiger charge is -2.29. The molecule has 130 valence electrons. The van der Waals surface area contributed by atoms with E-state index in [1.165, 1.54) is 5.56 Å². The zero-order valence-electron chi connectivity index (χ0n) is 14.1. The van der Waals surface area contributed by atoms with Crippen LogP contribution in [0.25, 0.3) is 0 Å². The molecule has 4 heteroatoms. The molecule has 0 spiro atoms. The monoisotopic (exact) mass is 355 g/mol. The van der Waals surface area contributed by atoms with Crippen molar-refractivity contribution in [3.8, 4) is 5.75 Å². The van der Waals surface area contributed by atoms with Crippen LogP contribution in [0.3, 0.4) is 0 Å². The van der Waals surface area contributed by atoms with Gasteiger partial charge in [-0.2, -0.15) is 0 Å². The van der Waals surface area contributed by atoms with E-state index in [0.29, 0.717) is 18.2 Å². The lowest BCUT2D eigenvalue weighted by Crippen LogP contribution is -2.44. The summed E-state index contributed by atoms with van der Waals surface area (Å²) in [4.78, 5) is 13.1. The largest absolute Gasteiger partial charge is 0.493 e. The molecule has 3 nitrogen and oxygen atoms in total. The maximum absolute atomic E-state index is 13.1. The standard InChI is InChI=1S/C21H22ClNO2/c22-17-9-7-16(8-10-17)21(11-3-4-12-21)20(24)23-13-15-14-25-19-6-2-1-5-18(15)19/h1-2,5-10,15H,3-4,11-14H2,(H,23,24)/t15-/m0/s1. The molecule has 1 heterocycles. The van der Waals surface area contributed by atoms with Crippen LogP contribution in [-0.4, -0.2) is 19.1 Å². The second-order valence-corrected chi connectivity index (χ2v) is 7.49. The molecule has 1 aliphatic carbocycles. The molecule has 1 atom stereocenters. The highest BCUT2D eigenvalue weighted by Crippen LogP contribution is 2.42. The molecule has 0 radical (unpaired) electrons. The highest BCUT2D eigenvalue weighted by atomic mass is 35.5. The molecule has 2 aliphatic rings. The Morgan fingerprint density at radius 1 is 1.12 bits per heavy atom. The number of benzene rings is 2. The van der Waals surface area contributed by atoms with Crippen LogP contribution in [0.15, 0.2) is 48.5 Å². The molecule has 25 heavy (non-hydrogen) atoms. The number of rotatable bonds is 4. The Bertz CT molecular complexity index is 766. The molecule has 1 N–H and O–H groups in total. The molecular formula is C21H22ClNO2. The van der Waals surface area contributed by atoms with Gasteiger partial charge in [0.15, 0.2) is 0 Å². The van der Waals surface area contributed by atoms with Crippen molar-refractivity contribution in [3.05, 3.63) is 64.7 Å². The van der Waals surface area contributed by atoms with Gasteiger partial charge in [0, 0.05) is 23.0 Å². The fourth-order valence-corrected chi connectivity index (χ4v) is 4.30. The third-order valence-corrected chi connectivity index (χ3v) is 5.85. The summed E-state index contributed by atoms with van der Waals surface area (Å²) in [5, 5.41) is 3.92. The van der Waals surface area contributed by atoms with E-state index < -0.39 is 5.41 Å². The van der Waals surface area contributed by atoms with E-state index in [4.69, 9.17) is 16.3 Å². The summed E-state index contributed by atoms with van der Waals surface area (Å²) >= 11 is 6.02. The highest BCUT2D eigenvalue weighted by Gasteiger charge is 2.42. The maximum atomic E-state index is 13.1. The van der Waals surface area contributed by atoms with Crippen LogP contribution < -0.4 is 10.1 Å². The Hall–Kier alpha value is -2.00. The number of hydrogen-bond acceptors (Lipinski definition) is 2. The van der Waals surface area contributed by atoms with Crippen molar-refractivity contribution in [2.75, 3.05) is 13.2 Å². The minimum absolute atomic E-state index is 0.136. The van der Waals surface area contributed by atoms with Gasteiger partial charge in [-0.05, 0) is 36.6 Å². The average Bonchev–Trinajstić information content (AvgIpc) is 3.28. The molecule has 0 aromatic heterocycles. The van der Waals surface area contributed by atoms with Gasteiger partial charge in [0.2, 0.25) is 5.91 Å². The van der Waals surface area contributed by atoms with Crippen molar-refractivity contribution < 1.29 is 9.53 Å². The second kappa shape index (κ2) is 6.72. The molecule has 1 aliphatic heterocycles. The topological polar surface area (TPSA) is 38.3 Å². The van der Waals surface area contributed by atoms with Gasteiger partial charge in [0.05, 0.1) is 12.0 Å². The molecular weight excluding hydrogens is 334 g/mol.